The standard InChI is InChI=1S/C13H14ClN3O3/c1-17-13(20)9(12(19)16-17)6-11(18)15-7-8-4-2-3-5-10(8)14/h2-5,9H,6-7H2,1H3,(H,15,18)(H,16,19). The summed E-state index contributed by atoms with van der Waals surface area (Å²) >= 11 is 5.97. The van der Waals surface area contributed by atoms with E-state index in [1.54, 1.807) is 18.2 Å². The molecule has 1 aromatic carbocycles. The molecule has 1 unspecified atom stereocenters. The Hall–Kier alpha value is -2.08. The van der Waals surface area contributed by atoms with Crippen LogP contribution in [-0.2, 0) is 20.9 Å². The highest BCUT2D eigenvalue weighted by Crippen LogP contribution is 2.15. The predicted octanol–water partition coefficient (Wildman–Crippen LogP) is 0.466. The summed E-state index contributed by atoms with van der Waals surface area (Å²) in [7, 11) is 1.45. The van der Waals surface area contributed by atoms with Gasteiger partial charge < -0.3 is 5.32 Å². The zero-order valence-corrected chi connectivity index (χ0v) is 11.6. The highest BCUT2D eigenvalue weighted by atomic mass is 35.5. The van der Waals surface area contributed by atoms with E-state index in [-0.39, 0.29) is 18.9 Å². The molecule has 106 valence electrons. The van der Waals surface area contributed by atoms with Gasteiger partial charge in [-0.15, -0.1) is 0 Å². The third kappa shape index (κ3) is 3.08. The monoisotopic (exact) mass is 295 g/mol. The van der Waals surface area contributed by atoms with Crippen LogP contribution in [0, 0.1) is 5.92 Å². The molecule has 2 rings (SSSR count). The van der Waals surface area contributed by atoms with Crippen LogP contribution in [0.5, 0.6) is 0 Å². The first-order valence-corrected chi connectivity index (χ1v) is 6.45. The summed E-state index contributed by atoms with van der Waals surface area (Å²) < 4.78 is 0. The smallest absolute Gasteiger partial charge is 0.253 e. The number of halogens is 1. The minimum Gasteiger partial charge on any atom is -0.352 e. The second-order valence-electron chi connectivity index (χ2n) is 4.50. The minimum absolute atomic E-state index is 0.167. The number of hydrogen-bond donors (Lipinski definition) is 2. The molecule has 6 nitrogen and oxygen atoms in total. The summed E-state index contributed by atoms with van der Waals surface area (Å²) in [5.74, 6) is -2.17. The fourth-order valence-corrected chi connectivity index (χ4v) is 2.12. The molecule has 0 spiro atoms. The average molecular weight is 296 g/mol. The van der Waals surface area contributed by atoms with Crippen molar-refractivity contribution in [1.29, 1.82) is 0 Å². The molecule has 0 aromatic heterocycles. The van der Waals surface area contributed by atoms with Crippen LogP contribution in [0.2, 0.25) is 5.02 Å². The lowest BCUT2D eigenvalue weighted by atomic mass is 10.0. The van der Waals surface area contributed by atoms with E-state index in [0.717, 1.165) is 10.6 Å². The maximum Gasteiger partial charge on any atom is 0.253 e. The molecular weight excluding hydrogens is 282 g/mol. The van der Waals surface area contributed by atoms with Crippen molar-refractivity contribution >= 4 is 29.3 Å². The average Bonchev–Trinajstić information content (AvgIpc) is 2.64. The van der Waals surface area contributed by atoms with E-state index < -0.39 is 17.7 Å². The molecule has 0 saturated carbocycles. The largest absolute Gasteiger partial charge is 0.352 e. The van der Waals surface area contributed by atoms with E-state index in [2.05, 4.69) is 10.7 Å². The van der Waals surface area contributed by atoms with Gasteiger partial charge in [0.2, 0.25) is 5.91 Å². The van der Waals surface area contributed by atoms with Crippen molar-refractivity contribution < 1.29 is 14.4 Å². The van der Waals surface area contributed by atoms with E-state index in [1.165, 1.54) is 7.05 Å². The maximum absolute atomic E-state index is 11.8. The molecule has 0 bridgehead atoms. The normalized spacial score (nSPS) is 18.1. The topological polar surface area (TPSA) is 78.5 Å². The Balaban J connectivity index is 1.89. The molecule has 3 amide bonds. The van der Waals surface area contributed by atoms with Crippen molar-refractivity contribution in [3.8, 4) is 0 Å². The van der Waals surface area contributed by atoms with Crippen molar-refractivity contribution in [1.82, 2.24) is 15.8 Å². The van der Waals surface area contributed by atoms with Crippen molar-refractivity contribution in [2.45, 2.75) is 13.0 Å². The quantitative estimate of drug-likeness (QED) is 0.793. The molecule has 20 heavy (non-hydrogen) atoms. The van der Waals surface area contributed by atoms with Crippen LogP contribution in [0.1, 0.15) is 12.0 Å². The van der Waals surface area contributed by atoms with Crippen molar-refractivity contribution in [2.24, 2.45) is 5.92 Å². The molecule has 1 saturated heterocycles. The highest BCUT2D eigenvalue weighted by Gasteiger charge is 2.38. The van der Waals surface area contributed by atoms with Crippen molar-refractivity contribution in [2.75, 3.05) is 7.05 Å². The van der Waals surface area contributed by atoms with Gasteiger partial charge in [0.1, 0.15) is 5.92 Å². The van der Waals surface area contributed by atoms with Gasteiger partial charge in [-0.05, 0) is 11.6 Å². The summed E-state index contributed by atoms with van der Waals surface area (Å²) in [6.45, 7) is 0.261. The third-order valence-electron chi connectivity index (χ3n) is 3.05. The number of carbonyl (C=O) groups excluding carboxylic acids is 3. The number of nitrogens with one attached hydrogen (secondary N) is 2. The van der Waals surface area contributed by atoms with E-state index >= 15 is 0 Å². The van der Waals surface area contributed by atoms with E-state index in [4.69, 9.17) is 11.6 Å². The zero-order valence-electron chi connectivity index (χ0n) is 10.9. The Kier molecular flexibility index (Phi) is 4.24. The Labute approximate surface area is 121 Å². The number of nitrogens with zero attached hydrogens (tertiary/aromatic N) is 1. The molecule has 1 atom stereocenters. The van der Waals surface area contributed by atoms with Crippen molar-refractivity contribution in [3.63, 3.8) is 0 Å². The van der Waals surface area contributed by atoms with Gasteiger partial charge in [-0.1, -0.05) is 29.8 Å². The molecular formula is C13H14ClN3O3. The summed E-state index contributed by atoms with van der Waals surface area (Å²) in [4.78, 5) is 34.9. The SMILES string of the molecule is CN1NC(=O)C(CC(=O)NCc2ccccc2Cl)C1=O. The van der Waals surface area contributed by atoms with Crippen LogP contribution in [-0.4, -0.2) is 29.8 Å². The van der Waals surface area contributed by atoms with Crippen LogP contribution in [0.4, 0.5) is 0 Å². The lowest BCUT2D eigenvalue weighted by Gasteiger charge is -2.09. The van der Waals surface area contributed by atoms with Gasteiger partial charge in [-0.3, -0.25) is 24.8 Å². The fourth-order valence-electron chi connectivity index (χ4n) is 1.92. The van der Waals surface area contributed by atoms with Crippen LogP contribution < -0.4 is 10.7 Å². The first-order valence-electron chi connectivity index (χ1n) is 6.07. The summed E-state index contributed by atoms with van der Waals surface area (Å²) in [6, 6.07) is 7.14. The van der Waals surface area contributed by atoms with Crippen LogP contribution in [0.3, 0.4) is 0 Å². The molecule has 1 heterocycles. The van der Waals surface area contributed by atoms with Gasteiger partial charge in [0, 0.05) is 25.0 Å². The van der Waals surface area contributed by atoms with Gasteiger partial charge in [-0.25, -0.2) is 0 Å². The first kappa shape index (κ1) is 14.3. The van der Waals surface area contributed by atoms with E-state index in [0.29, 0.717) is 5.02 Å². The third-order valence-corrected chi connectivity index (χ3v) is 3.42. The van der Waals surface area contributed by atoms with E-state index in [9.17, 15) is 14.4 Å². The summed E-state index contributed by atoms with van der Waals surface area (Å²) in [6.07, 6.45) is -0.167. The van der Waals surface area contributed by atoms with Gasteiger partial charge in [0.25, 0.3) is 11.8 Å². The summed E-state index contributed by atoms with van der Waals surface area (Å²) in [5, 5.41) is 4.30. The number of rotatable bonds is 4. The van der Waals surface area contributed by atoms with E-state index in [1.807, 2.05) is 6.07 Å². The first-order chi connectivity index (χ1) is 9.49. The van der Waals surface area contributed by atoms with Crippen LogP contribution >= 0.6 is 11.6 Å². The van der Waals surface area contributed by atoms with Gasteiger partial charge >= 0.3 is 0 Å². The molecule has 7 heteroatoms. The Morgan fingerprint density at radius 3 is 2.70 bits per heavy atom. The Bertz CT molecular complexity index is 562. The zero-order chi connectivity index (χ0) is 14.7. The second kappa shape index (κ2) is 5.92. The van der Waals surface area contributed by atoms with Gasteiger partial charge in [0.15, 0.2) is 0 Å². The van der Waals surface area contributed by atoms with Crippen LogP contribution in [0.15, 0.2) is 24.3 Å². The fraction of sp³-hybridized carbons (Fsp3) is 0.308. The summed E-state index contributed by atoms with van der Waals surface area (Å²) in [5.41, 5.74) is 3.13. The number of benzene rings is 1. The lowest BCUT2D eigenvalue weighted by molar-refractivity contribution is -0.135. The molecule has 0 radical (unpaired) electrons. The molecule has 2 N–H and O–H groups in total. The van der Waals surface area contributed by atoms with Crippen LogP contribution in [0.25, 0.3) is 0 Å². The number of hydrazine groups is 1. The maximum atomic E-state index is 11.8. The van der Waals surface area contributed by atoms with Crippen molar-refractivity contribution in [3.05, 3.63) is 34.9 Å². The molecule has 1 fully saturated rings. The number of carbonyl (C=O) groups is 3. The van der Waals surface area contributed by atoms with Gasteiger partial charge in [0.05, 0.1) is 0 Å². The molecule has 1 aromatic rings. The minimum atomic E-state index is -0.953. The Morgan fingerprint density at radius 2 is 2.10 bits per heavy atom. The molecule has 1 aliphatic heterocycles. The highest BCUT2D eigenvalue weighted by molar-refractivity contribution is 6.31. The predicted molar refractivity (Wildman–Crippen MR) is 72.3 cm³/mol. The Morgan fingerprint density at radius 1 is 1.40 bits per heavy atom. The number of hydrogen-bond acceptors (Lipinski definition) is 3. The second-order valence-corrected chi connectivity index (χ2v) is 4.91. The molecule has 1 aliphatic rings. The number of amides is 3. The lowest BCUT2D eigenvalue weighted by Crippen LogP contribution is -2.31. The van der Waals surface area contributed by atoms with Gasteiger partial charge in [-0.2, -0.15) is 0 Å². The molecule has 0 aliphatic carbocycles.